The molecule has 3 aromatic rings. The predicted molar refractivity (Wildman–Crippen MR) is 144 cm³/mol. The third kappa shape index (κ3) is 7.91. The third-order valence-corrected chi connectivity index (χ3v) is 6.13. The zero-order valence-corrected chi connectivity index (χ0v) is 21.1. The molecule has 0 saturated heterocycles. The summed E-state index contributed by atoms with van der Waals surface area (Å²) in [6, 6.07) is 14.2. The summed E-state index contributed by atoms with van der Waals surface area (Å²) in [5.41, 5.74) is 7.69. The van der Waals surface area contributed by atoms with Gasteiger partial charge in [-0.1, -0.05) is 41.4 Å². The first-order valence-corrected chi connectivity index (χ1v) is 12.0. The molecule has 0 saturated carbocycles. The van der Waals surface area contributed by atoms with Gasteiger partial charge in [0, 0.05) is 18.5 Å². The number of phenolic OH excluding ortho intramolecular Hbond substituents is 1. The van der Waals surface area contributed by atoms with Crippen molar-refractivity contribution in [1.29, 1.82) is 0 Å². The molecule has 0 radical (unpaired) electrons. The molecule has 3 atom stereocenters. The Kier molecular flexibility index (Phi) is 9.60. The topological polar surface area (TPSA) is 217 Å². The minimum Gasteiger partial charge on any atom is -0.508 e. The lowest BCUT2D eigenvalue weighted by Gasteiger charge is -2.22. The van der Waals surface area contributed by atoms with Gasteiger partial charge in [-0.2, -0.15) is 0 Å². The van der Waals surface area contributed by atoms with Crippen LogP contribution in [0.1, 0.15) is 16.7 Å². The molecule has 13 nitrogen and oxygen atoms in total. The number of carboxylic acids is 3. The van der Waals surface area contributed by atoms with Gasteiger partial charge in [0.15, 0.2) is 11.1 Å². The number of aromatic hydroxyl groups is 1. The molecular formula is C27H28N4O9. The maximum absolute atomic E-state index is 12.0. The monoisotopic (exact) mass is 552 g/mol. The largest absolute Gasteiger partial charge is 0.508 e. The van der Waals surface area contributed by atoms with Crippen LogP contribution in [0, 0.1) is 10.1 Å². The van der Waals surface area contributed by atoms with Crippen LogP contribution in [0.25, 0.3) is 0 Å². The molecule has 0 unspecified atom stereocenters. The van der Waals surface area contributed by atoms with Crippen molar-refractivity contribution in [3.05, 3.63) is 99.6 Å². The van der Waals surface area contributed by atoms with Crippen LogP contribution in [0.4, 0.5) is 11.4 Å². The average molecular weight is 553 g/mol. The number of nitrogens with two attached hydrogens (primary N) is 1. The summed E-state index contributed by atoms with van der Waals surface area (Å²) < 4.78 is 0. The standard InChI is InChI=1S/C27H28N4O9/c28-22(25(33)34)13-16-1-7-19(8-2-16)29-23(26(35)36)14-17-3-9-20(10-4-17)30(31(39)40)24(27(37)38)15-18-5-11-21(32)12-6-18/h1-12,22-24,29,32H,13-15,28H2,(H,33,34)(H,35,36)(H,37,38)/t22-,23-,24-/m0/s1. The van der Waals surface area contributed by atoms with Gasteiger partial charge in [0.1, 0.15) is 23.5 Å². The fourth-order valence-corrected chi connectivity index (χ4v) is 4.02. The number of nitro groups is 1. The van der Waals surface area contributed by atoms with Crippen LogP contribution in [-0.4, -0.2) is 61.5 Å². The highest BCUT2D eigenvalue weighted by Gasteiger charge is 2.35. The van der Waals surface area contributed by atoms with Crippen LogP contribution in [-0.2, 0) is 33.6 Å². The Labute approximate surface area is 228 Å². The fourth-order valence-electron chi connectivity index (χ4n) is 4.02. The summed E-state index contributed by atoms with van der Waals surface area (Å²) in [6.07, 6.45) is -0.0802. The van der Waals surface area contributed by atoms with Crippen molar-refractivity contribution in [2.75, 3.05) is 10.3 Å². The number of hydrogen-bond acceptors (Lipinski definition) is 8. The minimum atomic E-state index is -1.55. The van der Waals surface area contributed by atoms with Crippen LogP contribution >= 0.6 is 0 Å². The highest BCUT2D eigenvalue weighted by Crippen LogP contribution is 2.23. The third-order valence-electron chi connectivity index (χ3n) is 6.13. The normalized spacial score (nSPS) is 13.0. The van der Waals surface area contributed by atoms with Crippen molar-refractivity contribution in [1.82, 2.24) is 0 Å². The molecule has 0 fully saturated rings. The lowest BCUT2D eigenvalue weighted by atomic mass is 10.0. The number of benzene rings is 3. The van der Waals surface area contributed by atoms with E-state index < -0.39 is 41.1 Å². The summed E-state index contributed by atoms with van der Waals surface area (Å²) >= 11 is 0. The summed E-state index contributed by atoms with van der Waals surface area (Å²) in [5.74, 6) is -3.71. The Balaban J connectivity index is 1.73. The van der Waals surface area contributed by atoms with Crippen LogP contribution in [0.2, 0.25) is 0 Å². The van der Waals surface area contributed by atoms with E-state index in [1.165, 1.54) is 48.5 Å². The molecule has 7 N–H and O–H groups in total. The molecule has 3 rings (SSSR count). The molecule has 0 aliphatic carbocycles. The quantitative estimate of drug-likeness (QED) is 0.125. The SMILES string of the molecule is N[C@@H](Cc1ccc(N[C@@H](Cc2ccc(N([C@@H](Cc3ccc(O)cc3)C(=O)O)[N+](=O)[O-])cc2)C(=O)O)cc1)C(=O)O. The van der Waals surface area contributed by atoms with E-state index in [9.17, 15) is 39.8 Å². The number of carbonyl (C=O) groups is 3. The Morgan fingerprint density at radius 3 is 1.77 bits per heavy atom. The summed E-state index contributed by atoms with van der Waals surface area (Å²) in [4.78, 5) is 46.6. The second-order valence-electron chi connectivity index (χ2n) is 9.06. The first-order chi connectivity index (χ1) is 18.9. The Hall–Kier alpha value is -5.17. The van der Waals surface area contributed by atoms with Gasteiger partial charge in [0.05, 0.1) is 0 Å². The summed E-state index contributed by atoms with van der Waals surface area (Å²) in [6.45, 7) is 0. The van der Waals surface area contributed by atoms with Crippen LogP contribution in [0.3, 0.4) is 0 Å². The van der Waals surface area contributed by atoms with E-state index in [-0.39, 0.29) is 30.7 Å². The minimum absolute atomic E-state index is 0.00470. The average Bonchev–Trinajstić information content (AvgIpc) is 2.90. The Morgan fingerprint density at radius 2 is 1.27 bits per heavy atom. The van der Waals surface area contributed by atoms with Gasteiger partial charge in [-0.15, -0.1) is 0 Å². The number of nitrogens with zero attached hydrogens (tertiary/aromatic N) is 2. The first-order valence-electron chi connectivity index (χ1n) is 12.0. The molecule has 0 bridgehead atoms. The maximum Gasteiger partial charge on any atom is 0.333 e. The van der Waals surface area contributed by atoms with E-state index >= 15 is 0 Å². The van der Waals surface area contributed by atoms with Crippen LogP contribution in [0.15, 0.2) is 72.8 Å². The number of phenols is 1. The predicted octanol–water partition coefficient (Wildman–Crippen LogP) is 2.15. The molecule has 0 heterocycles. The molecule has 0 aromatic heterocycles. The van der Waals surface area contributed by atoms with Crippen molar-refractivity contribution in [2.45, 2.75) is 37.4 Å². The number of hydrogen-bond donors (Lipinski definition) is 6. The lowest BCUT2D eigenvalue weighted by Crippen LogP contribution is -2.46. The van der Waals surface area contributed by atoms with Crippen molar-refractivity contribution in [2.24, 2.45) is 5.73 Å². The summed E-state index contributed by atoms with van der Waals surface area (Å²) in [5, 5.41) is 52.3. The molecule has 210 valence electrons. The second kappa shape index (κ2) is 13.1. The highest BCUT2D eigenvalue weighted by atomic mass is 16.7. The number of hydrazine groups is 1. The molecule has 0 amide bonds. The molecule has 3 aromatic carbocycles. The van der Waals surface area contributed by atoms with Gasteiger partial charge in [-0.05, 0) is 59.5 Å². The molecule has 0 aliphatic heterocycles. The van der Waals surface area contributed by atoms with Gasteiger partial charge in [-0.3, -0.25) is 4.79 Å². The van der Waals surface area contributed by atoms with E-state index in [0.29, 0.717) is 27.4 Å². The van der Waals surface area contributed by atoms with Crippen LogP contribution < -0.4 is 16.1 Å². The van der Waals surface area contributed by atoms with Gasteiger partial charge >= 0.3 is 17.9 Å². The highest BCUT2D eigenvalue weighted by molar-refractivity contribution is 5.79. The number of rotatable bonds is 14. The molecule has 13 heteroatoms. The summed E-state index contributed by atoms with van der Waals surface area (Å²) in [7, 11) is 0. The van der Waals surface area contributed by atoms with E-state index in [1.807, 2.05) is 0 Å². The number of aliphatic carboxylic acids is 3. The van der Waals surface area contributed by atoms with Gasteiger partial charge in [0.25, 0.3) is 0 Å². The Bertz CT molecular complexity index is 1350. The van der Waals surface area contributed by atoms with Crippen molar-refractivity contribution >= 4 is 29.3 Å². The fraction of sp³-hybridized carbons (Fsp3) is 0.222. The van der Waals surface area contributed by atoms with E-state index in [4.69, 9.17) is 10.8 Å². The molecule has 0 aliphatic rings. The zero-order chi connectivity index (χ0) is 29.4. The van der Waals surface area contributed by atoms with E-state index in [1.54, 1.807) is 24.3 Å². The number of carboxylic acid groups (broad SMARTS) is 3. The van der Waals surface area contributed by atoms with E-state index in [2.05, 4.69) is 5.32 Å². The molecular weight excluding hydrogens is 524 g/mol. The van der Waals surface area contributed by atoms with E-state index in [0.717, 1.165) is 0 Å². The van der Waals surface area contributed by atoms with Crippen molar-refractivity contribution < 1.29 is 39.8 Å². The molecule has 40 heavy (non-hydrogen) atoms. The second-order valence-corrected chi connectivity index (χ2v) is 9.06. The van der Waals surface area contributed by atoms with Gasteiger partial charge in [-0.25, -0.2) is 19.7 Å². The van der Waals surface area contributed by atoms with Crippen LogP contribution in [0.5, 0.6) is 5.75 Å². The number of anilines is 2. The maximum atomic E-state index is 12.0. The molecule has 0 spiro atoms. The van der Waals surface area contributed by atoms with Crippen molar-refractivity contribution in [3.8, 4) is 5.75 Å². The lowest BCUT2D eigenvalue weighted by molar-refractivity contribution is -0.498. The Morgan fingerprint density at radius 1 is 0.775 bits per heavy atom. The first kappa shape index (κ1) is 29.4. The number of nitrogens with one attached hydrogen (secondary N) is 1. The zero-order valence-electron chi connectivity index (χ0n) is 21.1. The van der Waals surface area contributed by atoms with Crippen molar-refractivity contribution in [3.63, 3.8) is 0 Å². The van der Waals surface area contributed by atoms with Gasteiger partial charge in [0.2, 0.25) is 0 Å². The van der Waals surface area contributed by atoms with Gasteiger partial charge < -0.3 is 31.5 Å². The smallest absolute Gasteiger partial charge is 0.333 e.